The lowest BCUT2D eigenvalue weighted by Gasteiger charge is -2.15. The third-order valence-electron chi connectivity index (χ3n) is 6.57. The van der Waals surface area contributed by atoms with E-state index in [4.69, 9.17) is 11.5 Å². The number of hydrogen-bond acceptors (Lipinski definition) is 5. The van der Waals surface area contributed by atoms with Gasteiger partial charge in [0.1, 0.15) is 11.6 Å². The Balaban J connectivity index is 1.24. The maximum absolute atomic E-state index is 12.2. The number of carbonyl (C=O) groups is 1. The van der Waals surface area contributed by atoms with E-state index in [9.17, 15) is 4.79 Å². The number of nitrogens with zero attached hydrogens (tertiary/aromatic N) is 2. The van der Waals surface area contributed by atoms with Crippen molar-refractivity contribution in [2.24, 2.45) is 5.73 Å². The molecule has 2 aromatic carbocycles. The number of fused-ring (bicyclic) bond motifs is 3. The first kappa shape index (κ1) is 21.9. The summed E-state index contributed by atoms with van der Waals surface area (Å²) >= 11 is 0. The van der Waals surface area contributed by atoms with Gasteiger partial charge in [0.2, 0.25) is 5.91 Å². The minimum atomic E-state index is -0.488. The van der Waals surface area contributed by atoms with Gasteiger partial charge in [-0.25, -0.2) is 9.97 Å². The number of benzene rings is 2. The van der Waals surface area contributed by atoms with Gasteiger partial charge in [-0.05, 0) is 54.8 Å². The first-order chi connectivity index (χ1) is 17.4. The zero-order chi connectivity index (χ0) is 24.8. The number of aryl methyl sites for hydroxylation is 1. The van der Waals surface area contributed by atoms with Crippen molar-refractivity contribution in [3.8, 4) is 11.3 Å². The quantitative estimate of drug-likeness (QED) is 0.207. The predicted molar refractivity (Wildman–Crippen MR) is 142 cm³/mol. The fourth-order valence-corrected chi connectivity index (χ4v) is 4.81. The van der Waals surface area contributed by atoms with Crippen LogP contribution in [0, 0.1) is 6.92 Å². The molecule has 1 unspecified atom stereocenters. The third-order valence-corrected chi connectivity index (χ3v) is 6.57. The summed E-state index contributed by atoms with van der Waals surface area (Å²) in [5.74, 6) is 0.824. The van der Waals surface area contributed by atoms with Crippen molar-refractivity contribution in [3.05, 3.63) is 77.7 Å². The molecule has 0 saturated heterocycles. The first-order valence-corrected chi connectivity index (χ1v) is 11.8. The molecule has 0 aliphatic heterocycles. The topological polar surface area (TPSA) is 154 Å². The number of nitrogen functional groups attached to an aromatic ring is 1. The van der Waals surface area contributed by atoms with Crippen LogP contribution >= 0.6 is 0 Å². The van der Waals surface area contributed by atoms with Gasteiger partial charge in [0.15, 0.2) is 5.65 Å². The van der Waals surface area contributed by atoms with Crippen molar-refractivity contribution in [1.29, 1.82) is 0 Å². The second kappa shape index (κ2) is 8.54. The highest BCUT2D eigenvalue weighted by Crippen LogP contribution is 2.30. The molecule has 4 aromatic heterocycles. The zero-order valence-electron chi connectivity index (χ0n) is 19.7. The van der Waals surface area contributed by atoms with Crippen molar-refractivity contribution < 1.29 is 4.79 Å². The molecule has 6 rings (SSSR count). The molecule has 8 N–H and O–H groups in total. The molecule has 0 aliphatic carbocycles. The van der Waals surface area contributed by atoms with E-state index in [-0.39, 0.29) is 5.91 Å². The summed E-state index contributed by atoms with van der Waals surface area (Å²) < 4.78 is 0. The number of aromatic amines is 3. The van der Waals surface area contributed by atoms with Gasteiger partial charge in [-0.15, -0.1) is 0 Å². The monoisotopic (exact) mass is 478 g/mol. The van der Waals surface area contributed by atoms with E-state index in [0.29, 0.717) is 24.4 Å². The lowest BCUT2D eigenvalue weighted by molar-refractivity contribution is -0.120. The second-order valence-electron chi connectivity index (χ2n) is 9.12. The number of rotatable bonds is 7. The molecule has 9 heteroatoms. The lowest BCUT2D eigenvalue weighted by atomic mass is 10.0. The molecule has 0 radical (unpaired) electrons. The minimum absolute atomic E-state index is 0.376. The largest absolute Gasteiger partial charge is 0.384 e. The fourth-order valence-electron chi connectivity index (χ4n) is 4.81. The molecular weight excluding hydrogens is 452 g/mol. The van der Waals surface area contributed by atoms with Crippen molar-refractivity contribution in [3.63, 3.8) is 0 Å². The summed E-state index contributed by atoms with van der Waals surface area (Å²) in [6.07, 6.45) is 2.46. The molecule has 36 heavy (non-hydrogen) atoms. The number of pyridine rings is 1. The van der Waals surface area contributed by atoms with E-state index in [0.717, 1.165) is 55.5 Å². The van der Waals surface area contributed by atoms with Crippen LogP contribution in [-0.4, -0.2) is 36.9 Å². The average Bonchev–Trinajstić information content (AvgIpc) is 3.56. The standard InChI is InChI=1S/C27H26N8O/c1-14-32-25-19(11-24(28)35-27(25)33-14)22-9-16-8-15(6-7-20(16)34-22)12-30-23(26(29)36)10-17-13-31-21-5-3-2-4-18(17)21/h2-9,11,13,23,30-31,34H,10,12H2,1H3,(H2,29,36)(H3,28,32,33,35). The number of nitrogens with one attached hydrogen (secondary N) is 4. The number of imidazole rings is 1. The number of nitrogens with two attached hydrogens (primary N) is 2. The van der Waals surface area contributed by atoms with Crippen molar-refractivity contribution in [2.45, 2.75) is 25.9 Å². The van der Waals surface area contributed by atoms with Gasteiger partial charge in [0.25, 0.3) is 0 Å². The number of carbonyl (C=O) groups excluding carboxylic acids is 1. The molecule has 1 atom stereocenters. The van der Waals surface area contributed by atoms with Crippen LogP contribution in [0.2, 0.25) is 0 Å². The highest BCUT2D eigenvalue weighted by atomic mass is 16.1. The SMILES string of the molecule is Cc1nc2nc(N)cc(-c3cc4cc(CNC(Cc5c[nH]c6ccccc56)C(N)=O)ccc4[nH]3)c2[nH]1. The summed E-state index contributed by atoms with van der Waals surface area (Å²) in [6.45, 7) is 2.41. The Kier molecular flexibility index (Phi) is 5.19. The normalized spacial score (nSPS) is 12.6. The van der Waals surface area contributed by atoms with Gasteiger partial charge < -0.3 is 31.7 Å². The summed E-state index contributed by atoms with van der Waals surface area (Å²) in [7, 11) is 0. The molecule has 180 valence electrons. The van der Waals surface area contributed by atoms with Gasteiger partial charge in [0, 0.05) is 45.8 Å². The molecule has 0 aliphatic rings. The number of para-hydroxylation sites is 1. The Morgan fingerprint density at radius 3 is 2.78 bits per heavy atom. The molecule has 1 amide bonds. The maximum Gasteiger partial charge on any atom is 0.234 e. The maximum atomic E-state index is 12.2. The van der Waals surface area contributed by atoms with E-state index >= 15 is 0 Å². The Morgan fingerprint density at radius 1 is 1.06 bits per heavy atom. The second-order valence-corrected chi connectivity index (χ2v) is 9.12. The Bertz CT molecular complexity index is 1740. The Labute approximate surface area is 206 Å². The summed E-state index contributed by atoms with van der Waals surface area (Å²) in [4.78, 5) is 31.0. The van der Waals surface area contributed by atoms with E-state index in [1.807, 2.05) is 55.6 Å². The van der Waals surface area contributed by atoms with Crippen LogP contribution in [0.3, 0.4) is 0 Å². The number of H-pyrrole nitrogens is 3. The van der Waals surface area contributed by atoms with E-state index < -0.39 is 6.04 Å². The molecule has 9 nitrogen and oxygen atoms in total. The van der Waals surface area contributed by atoms with Crippen molar-refractivity contribution >= 4 is 44.7 Å². The smallest absolute Gasteiger partial charge is 0.234 e. The van der Waals surface area contributed by atoms with Gasteiger partial charge in [-0.2, -0.15) is 0 Å². The molecule has 4 heterocycles. The van der Waals surface area contributed by atoms with Crippen LogP contribution in [0.5, 0.6) is 0 Å². The average molecular weight is 479 g/mol. The molecular formula is C27H26N8O. The summed E-state index contributed by atoms with van der Waals surface area (Å²) in [5.41, 5.74) is 19.2. The number of hydrogen-bond donors (Lipinski definition) is 6. The molecule has 6 aromatic rings. The van der Waals surface area contributed by atoms with E-state index in [2.05, 4.69) is 42.4 Å². The van der Waals surface area contributed by atoms with Crippen molar-refractivity contribution in [1.82, 2.24) is 30.2 Å². The predicted octanol–water partition coefficient (Wildman–Crippen LogP) is 3.66. The highest BCUT2D eigenvalue weighted by Gasteiger charge is 2.18. The molecule has 0 saturated carbocycles. The van der Waals surface area contributed by atoms with Crippen LogP contribution in [0.15, 0.2) is 60.8 Å². The third kappa shape index (κ3) is 3.95. The molecule has 0 fully saturated rings. The lowest BCUT2D eigenvalue weighted by Crippen LogP contribution is -2.42. The van der Waals surface area contributed by atoms with Crippen LogP contribution in [0.25, 0.3) is 44.2 Å². The van der Waals surface area contributed by atoms with Gasteiger partial charge in [-0.1, -0.05) is 24.3 Å². The van der Waals surface area contributed by atoms with Gasteiger partial charge >= 0.3 is 0 Å². The van der Waals surface area contributed by atoms with Crippen LogP contribution in [-0.2, 0) is 17.8 Å². The number of amides is 1. The molecule has 0 spiro atoms. The van der Waals surface area contributed by atoms with Crippen molar-refractivity contribution in [2.75, 3.05) is 5.73 Å². The number of anilines is 1. The highest BCUT2D eigenvalue weighted by molar-refractivity contribution is 5.95. The Morgan fingerprint density at radius 2 is 1.92 bits per heavy atom. The molecule has 0 bridgehead atoms. The van der Waals surface area contributed by atoms with Crippen LogP contribution in [0.4, 0.5) is 5.82 Å². The zero-order valence-corrected chi connectivity index (χ0v) is 19.7. The van der Waals surface area contributed by atoms with Crippen LogP contribution in [0.1, 0.15) is 17.0 Å². The minimum Gasteiger partial charge on any atom is -0.384 e. The van der Waals surface area contributed by atoms with Crippen LogP contribution < -0.4 is 16.8 Å². The summed E-state index contributed by atoms with van der Waals surface area (Å²) in [6, 6.07) is 17.7. The van der Waals surface area contributed by atoms with E-state index in [1.54, 1.807) is 0 Å². The van der Waals surface area contributed by atoms with Gasteiger partial charge in [0.05, 0.1) is 11.6 Å². The van der Waals surface area contributed by atoms with E-state index in [1.165, 1.54) is 0 Å². The summed E-state index contributed by atoms with van der Waals surface area (Å²) in [5, 5.41) is 5.49. The number of primary amides is 1. The van der Waals surface area contributed by atoms with Gasteiger partial charge in [-0.3, -0.25) is 4.79 Å². The Hall–Kier alpha value is -4.63. The first-order valence-electron chi connectivity index (χ1n) is 11.8. The fraction of sp³-hybridized carbons (Fsp3) is 0.148. The number of aromatic nitrogens is 5.